The normalized spacial score (nSPS) is 22.3. The van der Waals surface area contributed by atoms with Gasteiger partial charge >= 0.3 is 6.03 Å². The predicted octanol–water partition coefficient (Wildman–Crippen LogP) is 0.670. The summed E-state index contributed by atoms with van der Waals surface area (Å²) in [6.07, 6.45) is 3.38. The minimum absolute atomic E-state index is 0.0153. The summed E-state index contributed by atoms with van der Waals surface area (Å²) in [5.41, 5.74) is 5.79. The van der Waals surface area contributed by atoms with Crippen molar-refractivity contribution in [3.05, 3.63) is 0 Å². The fraction of sp³-hybridized carbons (Fsp3) is 0.857. The number of nitrogens with zero attached hydrogens (tertiary/aromatic N) is 1. The summed E-state index contributed by atoms with van der Waals surface area (Å²) in [6, 6.07) is -0.0479. The number of likely N-dealkylation sites (N-methyl/N-ethyl adjacent to an activating group) is 1. The van der Waals surface area contributed by atoms with Crippen molar-refractivity contribution in [2.24, 2.45) is 11.7 Å². The number of carbonyl (C=O) groups is 2. The average molecular weight is 284 g/mol. The van der Waals surface area contributed by atoms with E-state index in [4.69, 9.17) is 5.73 Å². The summed E-state index contributed by atoms with van der Waals surface area (Å²) >= 11 is 0. The van der Waals surface area contributed by atoms with Crippen molar-refractivity contribution in [1.82, 2.24) is 15.5 Å². The van der Waals surface area contributed by atoms with Crippen LogP contribution < -0.4 is 16.4 Å². The number of rotatable bonds is 6. The maximum Gasteiger partial charge on any atom is 0.321 e. The van der Waals surface area contributed by atoms with E-state index in [9.17, 15) is 9.59 Å². The zero-order valence-electron chi connectivity index (χ0n) is 12.8. The third kappa shape index (κ3) is 5.09. The van der Waals surface area contributed by atoms with Gasteiger partial charge in [-0.05, 0) is 45.7 Å². The zero-order chi connectivity index (χ0) is 15.1. The smallest absolute Gasteiger partial charge is 0.321 e. The van der Waals surface area contributed by atoms with Gasteiger partial charge in [0.1, 0.15) is 0 Å². The second-order valence-electron chi connectivity index (χ2n) is 5.73. The molecule has 6 nitrogen and oxygen atoms in total. The molecule has 2 unspecified atom stereocenters. The van der Waals surface area contributed by atoms with Crippen molar-refractivity contribution in [1.29, 1.82) is 0 Å². The van der Waals surface area contributed by atoms with E-state index in [2.05, 4.69) is 15.5 Å². The van der Waals surface area contributed by atoms with E-state index >= 15 is 0 Å². The highest BCUT2D eigenvalue weighted by Gasteiger charge is 2.31. The van der Waals surface area contributed by atoms with Gasteiger partial charge in [-0.25, -0.2) is 4.79 Å². The summed E-state index contributed by atoms with van der Waals surface area (Å²) in [5, 5.41) is 5.02. The first-order valence-corrected chi connectivity index (χ1v) is 7.52. The van der Waals surface area contributed by atoms with Crippen LogP contribution in [0.1, 0.15) is 40.0 Å². The minimum atomic E-state index is -0.428. The first-order chi connectivity index (χ1) is 9.47. The number of imide groups is 1. The lowest BCUT2D eigenvalue weighted by atomic mass is 10.0. The Bertz CT molecular complexity index is 333. The van der Waals surface area contributed by atoms with Gasteiger partial charge in [0.25, 0.3) is 0 Å². The van der Waals surface area contributed by atoms with Crippen LogP contribution >= 0.6 is 0 Å². The number of urea groups is 1. The van der Waals surface area contributed by atoms with Gasteiger partial charge in [0.2, 0.25) is 5.91 Å². The lowest BCUT2D eigenvalue weighted by Gasteiger charge is -2.31. The Morgan fingerprint density at radius 3 is 2.60 bits per heavy atom. The number of nitrogens with one attached hydrogen (secondary N) is 2. The standard InChI is InChI=1S/C14H28N4O2/c1-4-18(12-7-5-6-11(12)8-15)9-13(19)17-14(20)16-10(2)3/h10-12H,4-9,15H2,1-3H3,(H2,16,17,19,20). The third-order valence-electron chi connectivity index (χ3n) is 3.82. The molecule has 0 saturated heterocycles. The van der Waals surface area contributed by atoms with Crippen molar-refractivity contribution < 1.29 is 9.59 Å². The second kappa shape index (κ2) is 8.21. The summed E-state index contributed by atoms with van der Waals surface area (Å²) < 4.78 is 0. The third-order valence-corrected chi connectivity index (χ3v) is 3.82. The van der Waals surface area contributed by atoms with Crippen molar-refractivity contribution >= 4 is 11.9 Å². The van der Waals surface area contributed by atoms with E-state index in [1.165, 1.54) is 6.42 Å². The second-order valence-corrected chi connectivity index (χ2v) is 5.73. The summed E-state index contributed by atoms with van der Waals surface area (Å²) in [6.45, 7) is 7.45. The lowest BCUT2D eigenvalue weighted by Crippen LogP contribution is -2.49. The Morgan fingerprint density at radius 1 is 1.35 bits per heavy atom. The van der Waals surface area contributed by atoms with Crippen LogP contribution in [0.4, 0.5) is 4.79 Å². The molecule has 0 aromatic carbocycles. The van der Waals surface area contributed by atoms with Crippen LogP contribution in [0.5, 0.6) is 0 Å². The van der Waals surface area contributed by atoms with Gasteiger partial charge in [-0.2, -0.15) is 0 Å². The molecule has 0 aromatic rings. The number of carbonyl (C=O) groups excluding carboxylic acids is 2. The van der Waals surface area contributed by atoms with E-state index in [-0.39, 0.29) is 18.5 Å². The zero-order valence-corrected chi connectivity index (χ0v) is 12.8. The molecule has 6 heteroatoms. The van der Waals surface area contributed by atoms with Gasteiger partial charge in [-0.15, -0.1) is 0 Å². The van der Waals surface area contributed by atoms with Gasteiger partial charge < -0.3 is 11.1 Å². The van der Waals surface area contributed by atoms with Crippen molar-refractivity contribution in [3.8, 4) is 0 Å². The van der Waals surface area contributed by atoms with Crippen LogP contribution in [0.15, 0.2) is 0 Å². The molecule has 0 radical (unpaired) electrons. The molecule has 0 heterocycles. The Hall–Kier alpha value is -1.14. The highest BCUT2D eigenvalue weighted by atomic mass is 16.2. The highest BCUT2D eigenvalue weighted by molar-refractivity contribution is 5.95. The molecule has 4 N–H and O–H groups in total. The number of amides is 3. The highest BCUT2D eigenvalue weighted by Crippen LogP contribution is 2.28. The lowest BCUT2D eigenvalue weighted by molar-refractivity contribution is -0.121. The molecule has 20 heavy (non-hydrogen) atoms. The molecule has 3 amide bonds. The molecule has 1 fully saturated rings. The molecular weight excluding hydrogens is 256 g/mol. The monoisotopic (exact) mass is 284 g/mol. The summed E-state index contributed by atoms with van der Waals surface area (Å²) in [7, 11) is 0. The average Bonchev–Trinajstić information content (AvgIpc) is 2.82. The van der Waals surface area contributed by atoms with Crippen molar-refractivity contribution in [2.75, 3.05) is 19.6 Å². The summed E-state index contributed by atoms with van der Waals surface area (Å²) in [5.74, 6) is 0.208. The van der Waals surface area contributed by atoms with Crippen molar-refractivity contribution in [2.45, 2.75) is 52.1 Å². The van der Waals surface area contributed by atoms with E-state index in [0.29, 0.717) is 18.5 Å². The van der Waals surface area contributed by atoms with Crippen molar-refractivity contribution in [3.63, 3.8) is 0 Å². The fourth-order valence-corrected chi connectivity index (χ4v) is 2.89. The molecule has 0 aromatic heterocycles. The van der Waals surface area contributed by atoms with Crippen LogP contribution in [0.25, 0.3) is 0 Å². The van der Waals surface area contributed by atoms with Gasteiger partial charge in [0, 0.05) is 12.1 Å². The molecule has 0 aliphatic heterocycles. The Balaban J connectivity index is 2.47. The van der Waals surface area contributed by atoms with E-state index < -0.39 is 6.03 Å². The van der Waals surface area contributed by atoms with Gasteiger partial charge in [0.15, 0.2) is 0 Å². The largest absolute Gasteiger partial charge is 0.336 e. The maximum absolute atomic E-state index is 11.9. The predicted molar refractivity (Wildman–Crippen MR) is 79.2 cm³/mol. The van der Waals surface area contributed by atoms with Crippen LogP contribution in [0.3, 0.4) is 0 Å². The Labute approximate surface area is 121 Å². The van der Waals surface area contributed by atoms with Gasteiger partial charge in [0.05, 0.1) is 6.54 Å². The molecule has 2 atom stereocenters. The van der Waals surface area contributed by atoms with Gasteiger partial charge in [-0.1, -0.05) is 13.3 Å². The topological polar surface area (TPSA) is 87.5 Å². The van der Waals surface area contributed by atoms with E-state index in [1.54, 1.807) is 0 Å². The van der Waals surface area contributed by atoms with Crippen LogP contribution in [-0.4, -0.2) is 48.6 Å². The summed E-state index contributed by atoms with van der Waals surface area (Å²) in [4.78, 5) is 25.5. The first-order valence-electron chi connectivity index (χ1n) is 7.52. The van der Waals surface area contributed by atoms with Gasteiger partial charge in [-0.3, -0.25) is 15.0 Å². The van der Waals surface area contributed by atoms with Crippen LogP contribution in [0, 0.1) is 5.92 Å². The molecule has 0 spiro atoms. The molecule has 1 rings (SSSR count). The van der Waals surface area contributed by atoms with E-state index in [1.807, 2.05) is 20.8 Å². The molecule has 1 aliphatic rings. The Morgan fingerprint density at radius 2 is 2.05 bits per heavy atom. The Kier molecular flexibility index (Phi) is 6.95. The van der Waals surface area contributed by atoms with Crippen LogP contribution in [0.2, 0.25) is 0 Å². The molecule has 0 bridgehead atoms. The molecule has 1 aliphatic carbocycles. The first kappa shape index (κ1) is 16.9. The molecular formula is C14H28N4O2. The molecule has 1 saturated carbocycles. The molecule has 116 valence electrons. The minimum Gasteiger partial charge on any atom is -0.336 e. The van der Waals surface area contributed by atoms with E-state index in [0.717, 1.165) is 19.4 Å². The maximum atomic E-state index is 11.9. The number of hydrogen-bond acceptors (Lipinski definition) is 4. The fourth-order valence-electron chi connectivity index (χ4n) is 2.89. The van der Waals surface area contributed by atoms with Crippen LogP contribution in [-0.2, 0) is 4.79 Å². The SMILES string of the molecule is CCN(CC(=O)NC(=O)NC(C)C)C1CCCC1CN. The quantitative estimate of drug-likeness (QED) is 0.669. The number of hydrogen-bond donors (Lipinski definition) is 3. The number of nitrogens with two attached hydrogens (primary N) is 1.